The molecule has 0 unspecified atom stereocenters. The second-order valence-corrected chi connectivity index (χ2v) is 12.7. The lowest BCUT2D eigenvalue weighted by Gasteiger charge is -2.37. The first-order valence-corrected chi connectivity index (χ1v) is 14.9. The number of fused-ring (bicyclic) bond motifs is 2. The summed E-state index contributed by atoms with van der Waals surface area (Å²) in [6.45, 7) is 6.25. The predicted molar refractivity (Wildman–Crippen MR) is 163 cm³/mol. The summed E-state index contributed by atoms with van der Waals surface area (Å²) in [4.78, 5) is 32.5. The Kier molecular flexibility index (Phi) is 7.84. The minimum Gasteiger partial charge on any atom is -0.493 e. The van der Waals surface area contributed by atoms with Gasteiger partial charge in [0.1, 0.15) is 11.2 Å². The van der Waals surface area contributed by atoms with E-state index in [9.17, 15) is 9.59 Å². The molecule has 4 atom stereocenters. The van der Waals surface area contributed by atoms with Crippen LogP contribution >= 0.6 is 34.2 Å². The van der Waals surface area contributed by atoms with E-state index in [4.69, 9.17) is 16.3 Å². The maximum absolute atomic E-state index is 16.2. The third-order valence-electron chi connectivity index (χ3n) is 7.75. The molecule has 1 spiro atoms. The summed E-state index contributed by atoms with van der Waals surface area (Å²) in [6.07, 6.45) is 3.61. The maximum Gasteiger partial charge on any atom is 0.242 e. The molecule has 5 rings (SSSR count). The first kappa shape index (κ1) is 28.8. The summed E-state index contributed by atoms with van der Waals surface area (Å²) in [5.74, 6) is -1.57. The number of nitrogens with zero attached hydrogens (tertiary/aromatic N) is 1. The Labute approximate surface area is 251 Å². The van der Waals surface area contributed by atoms with Crippen LogP contribution in [0.2, 0.25) is 5.02 Å². The van der Waals surface area contributed by atoms with Crippen molar-refractivity contribution in [3.8, 4) is 5.75 Å². The summed E-state index contributed by atoms with van der Waals surface area (Å²) in [6, 6.07) is 10.7. The summed E-state index contributed by atoms with van der Waals surface area (Å²) in [7, 11) is 1.49. The molecule has 3 heterocycles. The molecular weight excluding hydrogens is 646 g/mol. The number of halogens is 3. The third kappa shape index (κ3) is 4.86. The van der Waals surface area contributed by atoms with Gasteiger partial charge in [-0.1, -0.05) is 79.2 Å². The molecule has 2 aromatic carbocycles. The van der Waals surface area contributed by atoms with Gasteiger partial charge in [-0.2, -0.15) is 0 Å². The molecule has 0 radical (unpaired) electrons. The highest BCUT2D eigenvalue weighted by Crippen LogP contribution is 2.57. The summed E-state index contributed by atoms with van der Waals surface area (Å²) < 4.78 is 22.1. The van der Waals surface area contributed by atoms with Crippen molar-refractivity contribution in [3.05, 3.63) is 82.4 Å². The van der Waals surface area contributed by atoms with E-state index in [1.807, 2.05) is 6.07 Å². The van der Waals surface area contributed by atoms with Crippen LogP contribution in [0.15, 0.2) is 54.9 Å². The standard InChI is InChI=1S/C30H31ClFIN4O3/c1-29(2,3)13-23-30(19-9-8-17(31)12-21(19)36-28(30)39)24(18-7-5-6-16(14-33)25(18)32)26(37-23)27(38)35-20-10-11-34-15-22(20)40-4/h5-12,15,23-24,26,37H,13-14H2,1-4H3,(H,36,39)(H,34,35,38)/t23-,24-,26+,30+/m0/s1. The number of carbonyl (C=O) groups excluding carboxylic acids is 2. The van der Waals surface area contributed by atoms with Gasteiger partial charge < -0.3 is 20.7 Å². The van der Waals surface area contributed by atoms with E-state index in [0.717, 1.165) is 0 Å². The highest BCUT2D eigenvalue weighted by atomic mass is 127. The number of alkyl halides is 1. The average Bonchev–Trinajstić information content (AvgIpc) is 3.38. The molecule has 210 valence electrons. The molecule has 2 amide bonds. The van der Waals surface area contributed by atoms with Crippen molar-refractivity contribution >= 4 is 57.4 Å². The monoisotopic (exact) mass is 676 g/mol. The fourth-order valence-corrected chi connectivity index (χ4v) is 6.95. The quantitative estimate of drug-likeness (QED) is 0.214. The molecule has 2 aliphatic heterocycles. The van der Waals surface area contributed by atoms with Gasteiger partial charge in [0.25, 0.3) is 0 Å². The number of aromatic nitrogens is 1. The average molecular weight is 677 g/mol. The van der Waals surface area contributed by atoms with Crippen LogP contribution in [0.5, 0.6) is 5.75 Å². The lowest BCUT2D eigenvalue weighted by Crippen LogP contribution is -2.49. The number of hydrogen-bond acceptors (Lipinski definition) is 5. The van der Waals surface area contributed by atoms with E-state index < -0.39 is 35.1 Å². The molecule has 3 N–H and O–H groups in total. The van der Waals surface area contributed by atoms with Gasteiger partial charge in [0.2, 0.25) is 11.8 Å². The highest BCUT2D eigenvalue weighted by molar-refractivity contribution is 14.1. The van der Waals surface area contributed by atoms with Crippen LogP contribution < -0.4 is 20.7 Å². The topological polar surface area (TPSA) is 92.3 Å². The Bertz CT molecular complexity index is 1480. The Morgan fingerprint density at radius 3 is 2.73 bits per heavy atom. The second kappa shape index (κ2) is 10.9. The van der Waals surface area contributed by atoms with Crippen molar-refractivity contribution in [3.63, 3.8) is 0 Å². The molecule has 3 aromatic rings. The molecule has 7 nitrogen and oxygen atoms in total. The van der Waals surface area contributed by atoms with Gasteiger partial charge in [-0.3, -0.25) is 14.6 Å². The van der Waals surface area contributed by atoms with E-state index in [1.54, 1.807) is 42.6 Å². The molecule has 0 saturated carbocycles. The smallest absolute Gasteiger partial charge is 0.242 e. The van der Waals surface area contributed by atoms with Gasteiger partial charge in [-0.25, -0.2) is 4.39 Å². The number of methoxy groups -OCH3 is 1. The van der Waals surface area contributed by atoms with E-state index in [0.29, 0.717) is 49.7 Å². The molecule has 10 heteroatoms. The first-order chi connectivity index (χ1) is 19.0. The van der Waals surface area contributed by atoms with E-state index >= 15 is 4.39 Å². The van der Waals surface area contributed by atoms with Crippen molar-refractivity contribution in [2.45, 2.75) is 55.0 Å². The molecule has 0 bridgehead atoms. The Hall–Kier alpha value is -2.76. The normalized spacial score (nSPS) is 23.7. The van der Waals surface area contributed by atoms with Gasteiger partial charge in [0, 0.05) is 33.3 Å². The Balaban J connectivity index is 1.74. The SMILES string of the molecule is COc1cnccc1NC(=O)[C@@H]1N[C@@H](CC(C)(C)C)[C@@]2(C(=O)Nc3cc(Cl)ccc32)[C@H]1c1cccc(CI)c1F. The number of anilines is 2. The van der Waals surface area contributed by atoms with E-state index in [2.05, 4.69) is 64.3 Å². The number of hydrogen-bond donors (Lipinski definition) is 3. The van der Waals surface area contributed by atoms with Crippen LogP contribution in [0.25, 0.3) is 0 Å². The van der Waals surface area contributed by atoms with Crippen LogP contribution in [0.4, 0.5) is 15.8 Å². The maximum atomic E-state index is 16.2. The van der Waals surface area contributed by atoms with Gasteiger partial charge in [-0.05, 0) is 46.7 Å². The number of nitrogens with one attached hydrogen (secondary N) is 3. The van der Waals surface area contributed by atoms with E-state index in [-0.39, 0.29) is 11.3 Å². The molecular formula is C30H31ClFIN4O3. The zero-order valence-corrected chi connectivity index (χ0v) is 25.6. The van der Waals surface area contributed by atoms with Gasteiger partial charge >= 0.3 is 0 Å². The molecule has 1 aromatic heterocycles. The van der Waals surface area contributed by atoms with Crippen LogP contribution in [-0.4, -0.2) is 36.0 Å². The lowest BCUT2D eigenvalue weighted by molar-refractivity contribution is -0.122. The predicted octanol–water partition coefficient (Wildman–Crippen LogP) is 6.21. The van der Waals surface area contributed by atoms with Crippen LogP contribution in [0.1, 0.15) is 49.8 Å². The third-order valence-corrected chi connectivity index (χ3v) is 8.81. The Morgan fingerprint density at radius 2 is 2.02 bits per heavy atom. The molecule has 1 fully saturated rings. The van der Waals surface area contributed by atoms with Crippen molar-refractivity contribution in [2.75, 3.05) is 17.7 Å². The largest absolute Gasteiger partial charge is 0.493 e. The number of amides is 2. The minimum atomic E-state index is -1.28. The number of pyridine rings is 1. The zero-order valence-electron chi connectivity index (χ0n) is 22.6. The number of ether oxygens (including phenoxy) is 1. The lowest BCUT2D eigenvalue weighted by atomic mass is 9.62. The molecule has 1 saturated heterocycles. The first-order valence-electron chi connectivity index (χ1n) is 13.0. The van der Waals surface area contributed by atoms with Crippen molar-refractivity contribution in [1.82, 2.24) is 10.3 Å². The fourth-order valence-electron chi connectivity index (χ4n) is 6.19. The highest BCUT2D eigenvalue weighted by Gasteiger charge is 2.66. The number of benzene rings is 2. The Morgan fingerprint density at radius 1 is 1.25 bits per heavy atom. The molecule has 40 heavy (non-hydrogen) atoms. The number of carbonyl (C=O) groups is 2. The van der Waals surface area contributed by atoms with Gasteiger partial charge in [0.15, 0.2) is 5.75 Å². The molecule has 2 aliphatic rings. The van der Waals surface area contributed by atoms with Crippen molar-refractivity contribution < 1.29 is 18.7 Å². The minimum absolute atomic E-state index is 0.215. The fraction of sp³-hybridized carbons (Fsp3) is 0.367. The van der Waals surface area contributed by atoms with Crippen LogP contribution in [-0.2, 0) is 19.4 Å². The zero-order chi connectivity index (χ0) is 28.8. The van der Waals surface area contributed by atoms with Crippen molar-refractivity contribution in [1.29, 1.82) is 0 Å². The summed E-state index contributed by atoms with van der Waals surface area (Å²) in [5, 5.41) is 9.94. The molecule has 0 aliphatic carbocycles. The van der Waals surface area contributed by atoms with Crippen LogP contribution in [0, 0.1) is 11.2 Å². The number of rotatable bonds is 6. The van der Waals surface area contributed by atoms with E-state index in [1.165, 1.54) is 13.3 Å². The van der Waals surface area contributed by atoms with Gasteiger partial charge in [-0.15, -0.1) is 0 Å². The van der Waals surface area contributed by atoms with Crippen LogP contribution in [0.3, 0.4) is 0 Å². The summed E-state index contributed by atoms with van der Waals surface area (Å²) >= 11 is 8.44. The summed E-state index contributed by atoms with van der Waals surface area (Å²) in [5.41, 5.74) is 1.04. The second-order valence-electron chi connectivity index (χ2n) is 11.5. The van der Waals surface area contributed by atoms with Gasteiger partial charge in [0.05, 0.1) is 25.0 Å². The van der Waals surface area contributed by atoms with Crippen molar-refractivity contribution in [2.24, 2.45) is 5.41 Å².